The lowest BCUT2D eigenvalue weighted by atomic mass is 9.83. The van der Waals surface area contributed by atoms with Gasteiger partial charge in [-0.25, -0.2) is 4.79 Å². The zero-order chi connectivity index (χ0) is 15.9. The molecule has 4 nitrogen and oxygen atoms in total. The molecule has 0 bridgehead atoms. The Labute approximate surface area is 132 Å². The standard InChI is InChI=1S/C18H26O4/c1-2-22-18(21)16(19)11-9-13-8-10-15(17(20)12-13)14-6-4-3-5-7-14/h8,10,12,14,16,19-20H,2-7,9,11H2,1H3. The SMILES string of the molecule is CCOC(=O)C(O)CCc1ccc(C2CCCCC2)c(O)c1. The zero-order valence-electron chi connectivity index (χ0n) is 13.3. The topological polar surface area (TPSA) is 66.8 Å². The number of hydrogen-bond acceptors (Lipinski definition) is 4. The van der Waals surface area contributed by atoms with E-state index in [1.165, 1.54) is 19.3 Å². The van der Waals surface area contributed by atoms with Gasteiger partial charge in [0.2, 0.25) is 0 Å². The number of esters is 1. The number of ether oxygens (including phenoxy) is 1. The highest BCUT2D eigenvalue weighted by Crippen LogP contribution is 2.37. The summed E-state index contributed by atoms with van der Waals surface area (Å²) >= 11 is 0. The Balaban J connectivity index is 1.93. The van der Waals surface area contributed by atoms with Gasteiger partial charge in [-0.2, -0.15) is 0 Å². The number of carbonyl (C=O) groups excluding carboxylic acids is 1. The minimum atomic E-state index is -1.10. The van der Waals surface area contributed by atoms with Crippen molar-refractivity contribution in [2.45, 2.75) is 63.9 Å². The van der Waals surface area contributed by atoms with Gasteiger partial charge in [-0.1, -0.05) is 31.4 Å². The van der Waals surface area contributed by atoms with Gasteiger partial charge in [0, 0.05) is 0 Å². The van der Waals surface area contributed by atoms with Crippen molar-refractivity contribution in [2.75, 3.05) is 6.61 Å². The second-order valence-corrected chi connectivity index (χ2v) is 6.03. The molecule has 0 aliphatic heterocycles. The molecular weight excluding hydrogens is 280 g/mol. The largest absolute Gasteiger partial charge is 0.508 e. The van der Waals surface area contributed by atoms with Crippen LogP contribution >= 0.6 is 0 Å². The number of aliphatic hydroxyl groups is 1. The molecule has 1 aliphatic rings. The molecule has 2 rings (SSSR count). The maximum atomic E-state index is 11.4. The Morgan fingerprint density at radius 1 is 1.32 bits per heavy atom. The maximum absolute atomic E-state index is 11.4. The van der Waals surface area contributed by atoms with Crippen LogP contribution in [0.1, 0.15) is 62.5 Å². The van der Waals surface area contributed by atoms with E-state index >= 15 is 0 Å². The molecule has 2 N–H and O–H groups in total. The molecule has 1 aromatic rings. The van der Waals surface area contributed by atoms with E-state index in [1.54, 1.807) is 13.0 Å². The number of carbonyl (C=O) groups is 1. The second-order valence-electron chi connectivity index (χ2n) is 6.03. The molecule has 1 saturated carbocycles. The first-order valence-electron chi connectivity index (χ1n) is 8.28. The van der Waals surface area contributed by atoms with Crippen molar-refractivity contribution in [3.8, 4) is 5.75 Å². The van der Waals surface area contributed by atoms with Crippen LogP contribution in [-0.2, 0) is 16.0 Å². The summed E-state index contributed by atoms with van der Waals surface area (Å²) in [6.45, 7) is 1.99. The third-order valence-corrected chi connectivity index (χ3v) is 4.40. The van der Waals surface area contributed by atoms with Gasteiger partial charge in [-0.3, -0.25) is 0 Å². The molecule has 1 atom stereocenters. The van der Waals surface area contributed by atoms with Gasteiger partial charge in [0.05, 0.1) is 6.61 Å². The third-order valence-electron chi connectivity index (χ3n) is 4.40. The van der Waals surface area contributed by atoms with E-state index in [0.717, 1.165) is 24.0 Å². The highest BCUT2D eigenvalue weighted by molar-refractivity contribution is 5.74. The lowest BCUT2D eigenvalue weighted by molar-refractivity contribution is -0.153. The molecule has 1 unspecified atom stereocenters. The van der Waals surface area contributed by atoms with E-state index in [2.05, 4.69) is 0 Å². The van der Waals surface area contributed by atoms with Crippen molar-refractivity contribution in [2.24, 2.45) is 0 Å². The summed E-state index contributed by atoms with van der Waals surface area (Å²) in [5.41, 5.74) is 1.97. The number of phenols is 1. The summed E-state index contributed by atoms with van der Waals surface area (Å²) < 4.78 is 4.78. The minimum absolute atomic E-state index is 0.271. The predicted molar refractivity (Wildman–Crippen MR) is 84.9 cm³/mol. The second kappa shape index (κ2) is 8.18. The fourth-order valence-corrected chi connectivity index (χ4v) is 3.16. The lowest BCUT2D eigenvalue weighted by Crippen LogP contribution is -2.23. The summed E-state index contributed by atoms with van der Waals surface area (Å²) in [4.78, 5) is 11.4. The Kier molecular flexibility index (Phi) is 6.25. The fraction of sp³-hybridized carbons (Fsp3) is 0.611. The van der Waals surface area contributed by atoms with E-state index in [9.17, 15) is 15.0 Å². The first-order valence-corrected chi connectivity index (χ1v) is 8.28. The maximum Gasteiger partial charge on any atom is 0.334 e. The van der Waals surface area contributed by atoms with Crippen LogP contribution in [-0.4, -0.2) is 28.9 Å². The van der Waals surface area contributed by atoms with Gasteiger partial charge >= 0.3 is 5.97 Å². The van der Waals surface area contributed by atoms with E-state index in [0.29, 0.717) is 24.5 Å². The third kappa shape index (κ3) is 4.47. The minimum Gasteiger partial charge on any atom is -0.508 e. The normalized spacial score (nSPS) is 17.2. The number of benzene rings is 1. The lowest BCUT2D eigenvalue weighted by Gasteiger charge is -2.23. The molecule has 1 aromatic carbocycles. The Hall–Kier alpha value is -1.55. The average molecular weight is 306 g/mol. The molecule has 0 amide bonds. The van der Waals surface area contributed by atoms with Gasteiger partial charge in [0.1, 0.15) is 5.75 Å². The monoisotopic (exact) mass is 306 g/mol. The molecular formula is C18H26O4. The summed E-state index contributed by atoms with van der Waals surface area (Å²) in [6.07, 6.45) is 5.80. The predicted octanol–water partition coefficient (Wildman–Crippen LogP) is 3.30. The summed E-state index contributed by atoms with van der Waals surface area (Å²) in [6, 6.07) is 5.75. The van der Waals surface area contributed by atoms with Crippen LogP contribution in [0.5, 0.6) is 5.75 Å². The number of aliphatic hydroxyl groups excluding tert-OH is 1. The molecule has 0 aromatic heterocycles. The fourth-order valence-electron chi connectivity index (χ4n) is 3.16. The van der Waals surface area contributed by atoms with Crippen molar-refractivity contribution >= 4 is 5.97 Å². The first kappa shape index (κ1) is 16.8. The van der Waals surface area contributed by atoms with Crippen molar-refractivity contribution in [1.29, 1.82) is 0 Å². The van der Waals surface area contributed by atoms with Crippen LogP contribution in [0.15, 0.2) is 18.2 Å². The molecule has 4 heteroatoms. The molecule has 22 heavy (non-hydrogen) atoms. The molecule has 1 aliphatic carbocycles. The van der Waals surface area contributed by atoms with E-state index in [1.807, 2.05) is 12.1 Å². The Morgan fingerprint density at radius 2 is 2.05 bits per heavy atom. The van der Waals surface area contributed by atoms with Crippen LogP contribution in [0, 0.1) is 0 Å². The summed E-state index contributed by atoms with van der Waals surface area (Å²) in [5.74, 6) is 0.230. The molecule has 122 valence electrons. The number of hydrogen-bond donors (Lipinski definition) is 2. The Bertz CT molecular complexity index is 492. The Morgan fingerprint density at radius 3 is 2.68 bits per heavy atom. The van der Waals surface area contributed by atoms with Crippen molar-refractivity contribution in [3.63, 3.8) is 0 Å². The van der Waals surface area contributed by atoms with Gasteiger partial charge in [-0.15, -0.1) is 0 Å². The first-order chi connectivity index (χ1) is 10.6. The molecule has 0 radical (unpaired) electrons. The van der Waals surface area contributed by atoms with Crippen molar-refractivity contribution < 1.29 is 19.7 Å². The smallest absolute Gasteiger partial charge is 0.334 e. The van der Waals surface area contributed by atoms with Crippen molar-refractivity contribution in [3.05, 3.63) is 29.3 Å². The molecule has 1 fully saturated rings. The van der Waals surface area contributed by atoms with Crippen LogP contribution in [0.2, 0.25) is 0 Å². The van der Waals surface area contributed by atoms with Crippen LogP contribution < -0.4 is 0 Å². The number of phenolic OH excluding ortho intramolecular Hbond substituents is 1. The van der Waals surface area contributed by atoms with E-state index in [-0.39, 0.29) is 6.61 Å². The summed E-state index contributed by atoms with van der Waals surface area (Å²) in [7, 11) is 0. The quantitative estimate of drug-likeness (QED) is 0.791. The average Bonchev–Trinajstić information content (AvgIpc) is 2.53. The van der Waals surface area contributed by atoms with Crippen LogP contribution in [0.25, 0.3) is 0 Å². The molecule has 0 heterocycles. The zero-order valence-corrected chi connectivity index (χ0v) is 13.3. The van der Waals surface area contributed by atoms with Crippen LogP contribution in [0.3, 0.4) is 0 Å². The van der Waals surface area contributed by atoms with E-state index < -0.39 is 12.1 Å². The highest BCUT2D eigenvalue weighted by atomic mass is 16.5. The van der Waals surface area contributed by atoms with Crippen molar-refractivity contribution in [1.82, 2.24) is 0 Å². The van der Waals surface area contributed by atoms with Gasteiger partial charge in [0.15, 0.2) is 6.10 Å². The number of rotatable bonds is 6. The van der Waals surface area contributed by atoms with E-state index in [4.69, 9.17) is 4.74 Å². The summed E-state index contributed by atoms with van der Waals surface area (Å²) in [5, 5.41) is 19.9. The number of aryl methyl sites for hydroxylation is 1. The highest BCUT2D eigenvalue weighted by Gasteiger charge is 2.19. The number of aromatic hydroxyl groups is 1. The molecule has 0 spiro atoms. The van der Waals surface area contributed by atoms with Gasteiger partial charge in [-0.05, 0) is 55.7 Å². The molecule has 0 saturated heterocycles. The van der Waals surface area contributed by atoms with Gasteiger partial charge in [0.25, 0.3) is 0 Å². The van der Waals surface area contributed by atoms with Gasteiger partial charge < -0.3 is 14.9 Å². The van der Waals surface area contributed by atoms with Crippen LogP contribution in [0.4, 0.5) is 0 Å².